The number of rotatable bonds is 7. The third-order valence-electron chi connectivity index (χ3n) is 4.04. The van der Waals surface area contributed by atoms with Crippen molar-refractivity contribution in [1.82, 2.24) is 14.5 Å². The molecule has 2 aromatic heterocycles. The van der Waals surface area contributed by atoms with Gasteiger partial charge in [0.2, 0.25) is 5.91 Å². The highest BCUT2D eigenvalue weighted by Crippen LogP contribution is 2.21. The summed E-state index contributed by atoms with van der Waals surface area (Å²) in [5.74, 6) is 0.464. The third-order valence-corrected chi connectivity index (χ3v) is 4.90. The van der Waals surface area contributed by atoms with E-state index in [1.54, 1.807) is 23.3 Å². The number of ether oxygens (including phenoxy) is 1. The van der Waals surface area contributed by atoms with E-state index in [2.05, 4.69) is 4.98 Å². The lowest BCUT2D eigenvalue weighted by molar-refractivity contribution is -0.133. The van der Waals surface area contributed by atoms with Crippen molar-refractivity contribution in [3.63, 3.8) is 0 Å². The van der Waals surface area contributed by atoms with E-state index in [0.29, 0.717) is 18.8 Å². The van der Waals surface area contributed by atoms with E-state index in [4.69, 9.17) is 4.74 Å². The van der Waals surface area contributed by atoms with Crippen molar-refractivity contribution in [3.8, 4) is 5.75 Å². The molecule has 0 spiro atoms. The van der Waals surface area contributed by atoms with Gasteiger partial charge in [-0.05, 0) is 17.5 Å². The smallest absolute Gasteiger partial charge is 0.328 e. The van der Waals surface area contributed by atoms with E-state index in [-0.39, 0.29) is 12.5 Å². The Morgan fingerprint density at radius 3 is 2.67 bits per heavy atom. The van der Waals surface area contributed by atoms with E-state index in [0.717, 1.165) is 10.4 Å². The third kappa shape index (κ3) is 4.73. The Hall–Kier alpha value is -3.13. The fourth-order valence-electron chi connectivity index (χ4n) is 2.68. The molecule has 0 radical (unpaired) electrons. The van der Waals surface area contributed by atoms with Crippen LogP contribution in [0.3, 0.4) is 0 Å². The number of aromatic nitrogens is 2. The van der Waals surface area contributed by atoms with Crippen LogP contribution in [0.5, 0.6) is 5.75 Å². The Bertz CT molecular complexity index is 1020. The monoisotopic (exact) mass is 385 g/mol. The van der Waals surface area contributed by atoms with Crippen molar-refractivity contribution in [2.24, 2.45) is 0 Å². The number of benzene rings is 1. The standard InChI is InChI=1S/C19H19N3O4S/c1-26-16-7-3-2-5-14(16)11-22(12-15-6-4-10-27-15)18(24)13-21-9-8-17(23)20-19(21)25/h2-10H,11-13H2,1H3,(H,20,23,25). The van der Waals surface area contributed by atoms with E-state index >= 15 is 0 Å². The number of H-pyrrole nitrogens is 1. The van der Waals surface area contributed by atoms with Crippen LogP contribution in [0.15, 0.2) is 63.6 Å². The van der Waals surface area contributed by atoms with Gasteiger partial charge in [-0.2, -0.15) is 0 Å². The zero-order valence-corrected chi connectivity index (χ0v) is 15.6. The second-order valence-electron chi connectivity index (χ2n) is 5.88. The van der Waals surface area contributed by atoms with Gasteiger partial charge in [-0.15, -0.1) is 11.3 Å². The lowest BCUT2D eigenvalue weighted by Crippen LogP contribution is -2.37. The van der Waals surface area contributed by atoms with Crippen LogP contribution in [-0.2, 0) is 24.4 Å². The number of carbonyl (C=O) groups is 1. The maximum atomic E-state index is 12.9. The molecule has 0 aliphatic heterocycles. The molecule has 0 saturated carbocycles. The second kappa shape index (κ2) is 8.50. The maximum absolute atomic E-state index is 12.9. The van der Waals surface area contributed by atoms with Crippen LogP contribution in [0.25, 0.3) is 0 Å². The summed E-state index contributed by atoms with van der Waals surface area (Å²) in [5.41, 5.74) is -0.226. The summed E-state index contributed by atoms with van der Waals surface area (Å²) in [4.78, 5) is 40.9. The summed E-state index contributed by atoms with van der Waals surface area (Å²) in [7, 11) is 1.59. The summed E-state index contributed by atoms with van der Waals surface area (Å²) in [5, 5.41) is 1.95. The van der Waals surface area contributed by atoms with Gasteiger partial charge in [0.15, 0.2) is 0 Å². The molecule has 1 aromatic carbocycles. The number of hydrogen-bond donors (Lipinski definition) is 1. The summed E-state index contributed by atoms with van der Waals surface area (Å²) >= 11 is 1.56. The van der Waals surface area contributed by atoms with Crippen LogP contribution >= 0.6 is 11.3 Å². The van der Waals surface area contributed by atoms with Crippen LogP contribution in [0, 0.1) is 0 Å². The topological polar surface area (TPSA) is 84.4 Å². The molecule has 1 amide bonds. The SMILES string of the molecule is COc1ccccc1CN(Cc1cccs1)C(=O)Cn1ccc(=O)[nH]c1=O. The van der Waals surface area contributed by atoms with Gasteiger partial charge in [-0.3, -0.25) is 19.1 Å². The zero-order chi connectivity index (χ0) is 19.2. The molecule has 140 valence electrons. The first kappa shape index (κ1) is 18.7. The Morgan fingerprint density at radius 2 is 1.96 bits per heavy atom. The predicted octanol–water partition coefficient (Wildman–Crippen LogP) is 1.84. The minimum Gasteiger partial charge on any atom is -0.496 e. The Labute approximate surface area is 159 Å². The Morgan fingerprint density at radius 1 is 1.15 bits per heavy atom. The van der Waals surface area contributed by atoms with Crippen molar-refractivity contribution in [2.75, 3.05) is 7.11 Å². The fraction of sp³-hybridized carbons (Fsp3) is 0.211. The number of nitrogens with zero attached hydrogens (tertiary/aromatic N) is 2. The number of methoxy groups -OCH3 is 1. The summed E-state index contributed by atoms with van der Waals surface area (Å²) in [6.45, 7) is 0.613. The first-order valence-corrected chi connectivity index (χ1v) is 9.16. The van der Waals surface area contributed by atoms with Gasteiger partial charge >= 0.3 is 5.69 Å². The van der Waals surface area contributed by atoms with Gasteiger partial charge in [-0.1, -0.05) is 24.3 Å². The average Bonchev–Trinajstić information content (AvgIpc) is 3.17. The highest BCUT2D eigenvalue weighted by Gasteiger charge is 2.18. The van der Waals surface area contributed by atoms with Crippen LogP contribution < -0.4 is 16.0 Å². The van der Waals surface area contributed by atoms with Gasteiger partial charge in [0, 0.05) is 29.2 Å². The molecule has 3 aromatic rings. The summed E-state index contributed by atoms with van der Waals surface area (Å²) < 4.78 is 6.57. The molecule has 0 bridgehead atoms. The molecule has 0 saturated heterocycles. The maximum Gasteiger partial charge on any atom is 0.328 e. The molecular formula is C19H19N3O4S. The summed E-state index contributed by atoms with van der Waals surface area (Å²) in [6.07, 6.45) is 1.32. The molecule has 27 heavy (non-hydrogen) atoms. The van der Waals surface area contributed by atoms with E-state index in [1.165, 1.54) is 16.8 Å². The molecule has 0 aliphatic carbocycles. The molecule has 3 rings (SSSR count). The largest absolute Gasteiger partial charge is 0.496 e. The average molecular weight is 385 g/mol. The molecule has 7 nitrogen and oxygen atoms in total. The zero-order valence-electron chi connectivity index (χ0n) is 14.8. The first-order valence-electron chi connectivity index (χ1n) is 8.28. The quantitative estimate of drug-likeness (QED) is 0.673. The minimum absolute atomic E-state index is 0.157. The van der Waals surface area contributed by atoms with Crippen molar-refractivity contribution in [3.05, 3.63) is 85.3 Å². The van der Waals surface area contributed by atoms with Crippen molar-refractivity contribution < 1.29 is 9.53 Å². The normalized spacial score (nSPS) is 10.6. The number of nitrogens with one attached hydrogen (secondary N) is 1. The molecule has 0 atom stereocenters. The number of carbonyl (C=O) groups excluding carboxylic acids is 1. The molecule has 0 unspecified atom stereocenters. The van der Waals surface area contributed by atoms with E-state index in [1.807, 2.05) is 41.8 Å². The van der Waals surface area contributed by atoms with Crippen LogP contribution in [0.4, 0.5) is 0 Å². The lowest BCUT2D eigenvalue weighted by Gasteiger charge is -2.23. The van der Waals surface area contributed by atoms with Gasteiger partial charge in [-0.25, -0.2) is 4.79 Å². The first-order chi connectivity index (χ1) is 13.1. The summed E-state index contributed by atoms with van der Waals surface area (Å²) in [6, 6.07) is 12.6. The van der Waals surface area contributed by atoms with Crippen molar-refractivity contribution in [1.29, 1.82) is 0 Å². The van der Waals surface area contributed by atoms with Crippen molar-refractivity contribution in [2.45, 2.75) is 19.6 Å². The molecule has 0 fully saturated rings. The number of hydrogen-bond acceptors (Lipinski definition) is 5. The Kier molecular flexibility index (Phi) is 5.87. The van der Waals surface area contributed by atoms with Crippen LogP contribution in [-0.4, -0.2) is 27.5 Å². The second-order valence-corrected chi connectivity index (χ2v) is 6.91. The highest BCUT2D eigenvalue weighted by molar-refractivity contribution is 7.09. The molecule has 2 heterocycles. The molecule has 8 heteroatoms. The van der Waals surface area contributed by atoms with E-state index in [9.17, 15) is 14.4 Å². The fourth-order valence-corrected chi connectivity index (χ4v) is 3.40. The number of amides is 1. The molecule has 1 N–H and O–H groups in total. The Balaban J connectivity index is 1.85. The van der Waals surface area contributed by atoms with Gasteiger partial charge in [0.1, 0.15) is 12.3 Å². The van der Waals surface area contributed by atoms with Crippen molar-refractivity contribution >= 4 is 17.2 Å². The number of thiophene rings is 1. The number of aromatic amines is 1. The van der Waals surface area contributed by atoms with Gasteiger partial charge in [0.05, 0.1) is 13.7 Å². The molecular weight excluding hydrogens is 366 g/mol. The van der Waals surface area contributed by atoms with Gasteiger partial charge in [0.25, 0.3) is 5.56 Å². The highest BCUT2D eigenvalue weighted by atomic mass is 32.1. The van der Waals surface area contributed by atoms with Crippen LogP contribution in [0.1, 0.15) is 10.4 Å². The van der Waals surface area contributed by atoms with Crippen LogP contribution in [0.2, 0.25) is 0 Å². The molecule has 0 aliphatic rings. The predicted molar refractivity (Wildman–Crippen MR) is 103 cm³/mol. The number of para-hydroxylation sites is 1. The van der Waals surface area contributed by atoms with E-state index < -0.39 is 11.2 Å². The van der Waals surface area contributed by atoms with Gasteiger partial charge < -0.3 is 9.64 Å². The lowest BCUT2D eigenvalue weighted by atomic mass is 10.2. The minimum atomic E-state index is -0.607.